The molecule has 1 amide bonds. The maximum absolute atomic E-state index is 12.2. The first-order valence-electron chi connectivity index (χ1n) is 9.21. The summed E-state index contributed by atoms with van der Waals surface area (Å²) >= 11 is 0. The smallest absolute Gasteiger partial charge is 0.253 e. The highest BCUT2D eigenvalue weighted by Crippen LogP contribution is 2.33. The molecule has 0 spiro atoms. The van der Waals surface area contributed by atoms with E-state index in [0.29, 0.717) is 17.8 Å². The zero-order valence-corrected chi connectivity index (χ0v) is 16.0. The van der Waals surface area contributed by atoms with Crippen molar-refractivity contribution in [2.75, 3.05) is 39.6 Å². The average molecular weight is 369 g/mol. The number of hydrogen-bond donors (Lipinski definition) is 2. The summed E-state index contributed by atoms with van der Waals surface area (Å²) in [6.07, 6.45) is 1.88. The van der Waals surface area contributed by atoms with Crippen LogP contribution in [0.1, 0.15) is 27.9 Å². The van der Waals surface area contributed by atoms with Gasteiger partial charge in [-0.15, -0.1) is 0 Å². The number of methoxy groups -OCH3 is 2. The minimum Gasteiger partial charge on any atom is -0.493 e. The van der Waals surface area contributed by atoms with Crippen molar-refractivity contribution in [3.05, 3.63) is 53.1 Å². The van der Waals surface area contributed by atoms with E-state index in [1.807, 2.05) is 12.1 Å². The molecule has 144 valence electrons. The van der Waals surface area contributed by atoms with Gasteiger partial charge in [0.15, 0.2) is 11.5 Å². The third-order valence-electron chi connectivity index (χ3n) is 4.94. The monoisotopic (exact) mass is 369 g/mol. The van der Waals surface area contributed by atoms with Gasteiger partial charge in [0.1, 0.15) is 0 Å². The van der Waals surface area contributed by atoms with Crippen LogP contribution in [0.15, 0.2) is 36.4 Å². The Labute approximate surface area is 160 Å². The minimum absolute atomic E-state index is 0.117. The fourth-order valence-electron chi connectivity index (χ4n) is 3.44. The number of nitrogen functional groups attached to an aromatic ring is 1. The predicted octanol–water partition coefficient (Wildman–Crippen LogP) is 2.46. The van der Waals surface area contributed by atoms with Gasteiger partial charge in [-0.3, -0.25) is 9.69 Å². The fourth-order valence-corrected chi connectivity index (χ4v) is 3.44. The molecule has 2 aromatic rings. The highest BCUT2D eigenvalue weighted by molar-refractivity contribution is 5.99. The van der Waals surface area contributed by atoms with Gasteiger partial charge in [-0.05, 0) is 48.2 Å². The zero-order valence-electron chi connectivity index (χ0n) is 16.0. The van der Waals surface area contributed by atoms with Gasteiger partial charge in [0.25, 0.3) is 5.91 Å². The lowest BCUT2D eigenvalue weighted by atomic mass is 9.98. The molecule has 0 unspecified atom stereocenters. The van der Waals surface area contributed by atoms with E-state index in [4.69, 9.17) is 15.2 Å². The zero-order chi connectivity index (χ0) is 19.2. The first kappa shape index (κ1) is 19.0. The lowest BCUT2D eigenvalue weighted by Crippen LogP contribution is -2.34. The number of anilines is 1. The van der Waals surface area contributed by atoms with Gasteiger partial charge in [0.05, 0.1) is 19.8 Å². The SMILES string of the molecule is COc1cc2c(cc1OC)CN(CCCNC(=O)c1ccccc1N)CC2. The molecule has 0 saturated heterocycles. The Hall–Kier alpha value is -2.73. The summed E-state index contributed by atoms with van der Waals surface area (Å²) in [4.78, 5) is 14.6. The minimum atomic E-state index is -0.117. The van der Waals surface area contributed by atoms with Crippen molar-refractivity contribution in [2.24, 2.45) is 0 Å². The second-order valence-electron chi connectivity index (χ2n) is 6.70. The van der Waals surface area contributed by atoms with Gasteiger partial charge in [-0.1, -0.05) is 12.1 Å². The number of nitrogens with zero attached hydrogens (tertiary/aromatic N) is 1. The molecule has 27 heavy (non-hydrogen) atoms. The second kappa shape index (κ2) is 8.77. The van der Waals surface area contributed by atoms with Crippen molar-refractivity contribution in [1.82, 2.24) is 10.2 Å². The van der Waals surface area contributed by atoms with Crippen LogP contribution in [0.5, 0.6) is 11.5 Å². The molecule has 0 bridgehead atoms. The highest BCUT2D eigenvalue weighted by atomic mass is 16.5. The number of nitrogens with one attached hydrogen (secondary N) is 1. The molecule has 6 nitrogen and oxygen atoms in total. The van der Waals surface area contributed by atoms with Gasteiger partial charge in [-0.2, -0.15) is 0 Å². The Kier molecular flexibility index (Phi) is 6.19. The van der Waals surface area contributed by atoms with Crippen LogP contribution >= 0.6 is 0 Å². The van der Waals surface area contributed by atoms with Gasteiger partial charge in [-0.25, -0.2) is 0 Å². The number of amides is 1. The Balaban J connectivity index is 1.49. The van der Waals surface area contributed by atoms with E-state index in [0.717, 1.165) is 44.0 Å². The molecule has 0 fully saturated rings. The largest absolute Gasteiger partial charge is 0.493 e. The molecule has 2 aromatic carbocycles. The second-order valence-corrected chi connectivity index (χ2v) is 6.70. The first-order valence-corrected chi connectivity index (χ1v) is 9.21. The number of hydrogen-bond acceptors (Lipinski definition) is 5. The number of carbonyl (C=O) groups excluding carboxylic acids is 1. The summed E-state index contributed by atoms with van der Waals surface area (Å²) in [5.74, 6) is 1.44. The molecule has 0 saturated carbocycles. The lowest BCUT2D eigenvalue weighted by molar-refractivity contribution is 0.0952. The van der Waals surface area contributed by atoms with Crippen molar-refractivity contribution >= 4 is 11.6 Å². The van der Waals surface area contributed by atoms with Gasteiger partial charge in [0.2, 0.25) is 0 Å². The fraction of sp³-hybridized carbons (Fsp3) is 0.381. The standard InChI is InChI=1S/C21H27N3O3/c1-26-19-12-15-8-11-24(14-16(15)13-20(19)27-2)10-5-9-23-21(25)17-6-3-4-7-18(17)22/h3-4,6-7,12-13H,5,8-11,14,22H2,1-2H3,(H,23,25). The molecule has 0 atom stereocenters. The van der Waals surface area contributed by atoms with E-state index in [1.54, 1.807) is 26.4 Å². The molecule has 3 rings (SSSR count). The molecule has 6 heteroatoms. The number of ether oxygens (including phenoxy) is 2. The number of nitrogens with two attached hydrogens (primary N) is 1. The average Bonchev–Trinajstić information content (AvgIpc) is 2.70. The third-order valence-corrected chi connectivity index (χ3v) is 4.94. The van der Waals surface area contributed by atoms with Crippen molar-refractivity contribution in [3.8, 4) is 11.5 Å². The summed E-state index contributed by atoms with van der Waals surface area (Å²) in [5.41, 5.74) is 9.48. The number of para-hydroxylation sites is 1. The third kappa shape index (κ3) is 4.52. The number of benzene rings is 2. The summed E-state index contributed by atoms with van der Waals surface area (Å²) in [6, 6.07) is 11.3. The predicted molar refractivity (Wildman–Crippen MR) is 106 cm³/mol. The van der Waals surface area contributed by atoms with Crippen LogP contribution in [0.3, 0.4) is 0 Å². The molecule has 1 aliphatic rings. The molecule has 0 aliphatic carbocycles. The van der Waals surface area contributed by atoms with Crippen LogP contribution in [0.2, 0.25) is 0 Å². The molecule has 0 aromatic heterocycles. The molecule has 3 N–H and O–H groups in total. The van der Waals surface area contributed by atoms with E-state index >= 15 is 0 Å². The number of fused-ring (bicyclic) bond motifs is 1. The van der Waals surface area contributed by atoms with Gasteiger partial charge >= 0.3 is 0 Å². The Bertz CT molecular complexity index is 807. The van der Waals surface area contributed by atoms with Crippen molar-refractivity contribution < 1.29 is 14.3 Å². The van der Waals surface area contributed by atoms with Crippen LogP contribution in [-0.2, 0) is 13.0 Å². The maximum Gasteiger partial charge on any atom is 0.253 e. The Morgan fingerprint density at radius 1 is 1.15 bits per heavy atom. The maximum atomic E-state index is 12.2. The molecule has 1 aliphatic heterocycles. The normalized spacial score (nSPS) is 13.7. The van der Waals surface area contributed by atoms with E-state index < -0.39 is 0 Å². The Morgan fingerprint density at radius 2 is 1.85 bits per heavy atom. The van der Waals surface area contributed by atoms with Crippen LogP contribution in [0.4, 0.5) is 5.69 Å². The van der Waals surface area contributed by atoms with E-state index in [-0.39, 0.29) is 5.91 Å². The van der Waals surface area contributed by atoms with Gasteiger partial charge < -0.3 is 20.5 Å². The lowest BCUT2D eigenvalue weighted by Gasteiger charge is -2.29. The highest BCUT2D eigenvalue weighted by Gasteiger charge is 2.19. The first-order chi connectivity index (χ1) is 13.1. The summed E-state index contributed by atoms with van der Waals surface area (Å²) in [5, 5.41) is 2.95. The summed E-state index contributed by atoms with van der Waals surface area (Å²) < 4.78 is 10.8. The molecular weight excluding hydrogens is 342 g/mol. The molecule has 1 heterocycles. The topological polar surface area (TPSA) is 76.8 Å². The molecule has 0 radical (unpaired) electrons. The summed E-state index contributed by atoms with van der Waals surface area (Å²) in [6.45, 7) is 3.44. The van der Waals surface area contributed by atoms with E-state index in [1.165, 1.54) is 11.1 Å². The number of rotatable bonds is 7. The van der Waals surface area contributed by atoms with Crippen molar-refractivity contribution in [2.45, 2.75) is 19.4 Å². The quantitative estimate of drug-likeness (QED) is 0.579. The summed E-state index contributed by atoms with van der Waals surface area (Å²) in [7, 11) is 3.32. The van der Waals surface area contributed by atoms with E-state index in [9.17, 15) is 4.79 Å². The molecular formula is C21H27N3O3. The van der Waals surface area contributed by atoms with Crippen LogP contribution in [-0.4, -0.2) is 44.7 Å². The Morgan fingerprint density at radius 3 is 2.56 bits per heavy atom. The van der Waals surface area contributed by atoms with Crippen molar-refractivity contribution in [3.63, 3.8) is 0 Å². The van der Waals surface area contributed by atoms with Crippen LogP contribution in [0, 0.1) is 0 Å². The van der Waals surface area contributed by atoms with Crippen molar-refractivity contribution in [1.29, 1.82) is 0 Å². The van der Waals surface area contributed by atoms with Crippen LogP contribution < -0.4 is 20.5 Å². The van der Waals surface area contributed by atoms with E-state index in [2.05, 4.69) is 22.3 Å². The van der Waals surface area contributed by atoms with Crippen LogP contribution in [0.25, 0.3) is 0 Å². The number of carbonyl (C=O) groups is 1. The van der Waals surface area contributed by atoms with Gasteiger partial charge in [0, 0.05) is 31.9 Å².